The highest BCUT2D eigenvalue weighted by molar-refractivity contribution is 4.96. The Balaban J connectivity index is 1.65. The van der Waals surface area contributed by atoms with Gasteiger partial charge in [-0.1, -0.05) is 13.3 Å². The first-order valence-electron chi connectivity index (χ1n) is 7.69. The molecule has 0 radical (unpaired) electrons. The third-order valence-electron chi connectivity index (χ3n) is 5.67. The van der Waals surface area contributed by atoms with Crippen molar-refractivity contribution in [3.8, 4) is 0 Å². The fourth-order valence-corrected chi connectivity index (χ4v) is 4.63. The predicted octanol–water partition coefficient (Wildman–Crippen LogP) is 2.49. The zero-order chi connectivity index (χ0) is 11.8. The molecule has 2 heteroatoms. The highest BCUT2D eigenvalue weighted by Crippen LogP contribution is 2.40. The molecule has 5 atom stereocenters. The highest BCUT2D eigenvalue weighted by Gasteiger charge is 2.41. The Labute approximate surface area is 106 Å². The molecule has 0 spiro atoms. The van der Waals surface area contributed by atoms with Crippen molar-refractivity contribution < 1.29 is 0 Å². The maximum Gasteiger partial charge on any atom is 0.0251 e. The summed E-state index contributed by atoms with van der Waals surface area (Å²) in [5.41, 5.74) is 0. The fraction of sp³-hybridized carbons (Fsp3) is 1.00. The maximum atomic E-state index is 3.58. The van der Waals surface area contributed by atoms with E-state index in [2.05, 4.69) is 24.2 Å². The summed E-state index contributed by atoms with van der Waals surface area (Å²) in [6.07, 6.45) is 8.74. The molecule has 2 saturated carbocycles. The Morgan fingerprint density at radius 3 is 2.35 bits per heavy atom. The van der Waals surface area contributed by atoms with E-state index in [-0.39, 0.29) is 0 Å². The van der Waals surface area contributed by atoms with Crippen LogP contribution in [0.15, 0.2) is 0 Å². The minimum Gasteiger partial charge on any atom is -0.315 e. The Hall–Kier alpha value is -0.0800. The molecule has 0 aromatic carbocycles. The van der Waals surface area contributed by atoms with Crippen LogP contribution in [-0.2, 0) is 0 Å². The van der Waals surface area contributed by atoms with Crippen molar-refractivity contribution in [3.05, 3.63) is 0 Å². The largest absolute Gasteiger partial charge is 0.315 e. The minimum absolute atomic E-state index is 0.755. The molecule has 5 unspecified atom stereocenters. The van der Waals surface area contributed by atoms with Gasteiger partial charge >= 0.3 is 0 Å². The molecule has 2 aliphatic carbocycles. The summed E-state index contributed by atoms with van der Waals surface area (Å²) in [6, 6.07) is 1.58. The van der Waals surface area contributed by atoms with Crippen molar-refractivity contribution in [2.45, 2.75) is 57.5 Å². The van der Waals surface area contributed by atoms with Gasteiger partial charge in [-0.3, -0.25) is 4.90 Å². The smallest absolute Gasteiger partial charge is 0.0251 e. The average molecular weight is 236 g/mol. The Kier molecular flexibility index (Phi) is 3.45. The Bertz CT molecular complexity index is 254. The van der Waals surface area contributed by atoms with Gasteiger partial charge in [0.2, 0.25) is 0 Å². The zero-order valence-electron chi connectivity index (χ0n) is 11.5. The van der Waals surface area contributed by atoms with Crippen LogP contribution in [0.4, 0.5) is 0 Å². The molecule has 3 rings (SSSR count). The van der Waals surface area contributed by atoms with Gasteiger partial charge in [0, 0.05) is 25.2 Å². The number of fused-ring (bicyclic) bond motifs is 1. The highest BCUT2D eigenvalue weighted by atomic mass is 15.2. The number of rotatable bonds is 2. The molecule has 0 aromatic heterocycles. The maximum absolute atomic E-state index is 3.58. The molecule has 0 aromatic rings. The van der Waals surface area contributed by atoms with E-state index in [9.17, 15) is 0 Å². The van der Waals surface area contributed by atoms with Crippen LogP contribution in [0.25, 0.3) is 0 Å². The SMILES string of the molecule is CNC1CCC(C)CC1N1CC2CCCC2C1. The normalized spacial score (nSPS) is 47.3. The summed E-state index contributed by atoms with van der Waals surface area (Å²) in [7, 11) is 2.16. The van der Waals surface area contributed by atoms with Crippen molar-refractivity contribution in [2.24, 2.45) is 17.8 Å². The van der Waals surface area contributed by atoms with Gasteiger partial charge in [-0.05, 0) is 56.9 Å². The summed E-state index contributed by atoms with van der Waals surface area (Å²) in [5.74, 6) is 3.03. The van der Waals surface area contributed by atoms with Crippen LogP contribution in [-0.4, -0.2) is 37.1 Å². The molecular formula is C15H28N2. The summed E-state index contributed by atoms with van der Waals surface area (Å²) in [6.45, 7) is 5.25. The molecule has 1 aliphatic heterocycles. The molecule has 1 heterocycles. The fourth-order valence-electron chi connectivity index (χ4n) is 4.63. The van der Waals surface area contributed by atoms with Gasteiger partial charge in [0.05, 0.1) is 0 Å². The van der Waals surface area contributed by atoms with Crippen molar-refractivity contribution in [2.75, 3.05) is 20.1 Å². The summed E-state index contributed by atoms with van der Waals surface area (Å²) < 4.78 is 0. The molecule has 1 saturated heterocycles. The molecule has 0 bridgehead atoms. The van der Waals surface area contributed by atoms with Crippen molar-refractivity contribution in [3.63, 3.8) is 0 Å². The quantitative estimate of drug-likeness (QED) is 0.792. The van der Waals surface area contributed by atoms with Crippen LogP contribution < -0.4 is 5.32 Å². The lowest BCUT2D eigenvalue weighted by Gasteiger charge is -2.40. The molecule has 3 fully saturated rings. The second-order valence-corrected chi connectivity index (χ2v) is 6.79. The van der Waals surface area contributed by atoms with Gasteiger partial charge in [-0.2, -0.15) is 0 Å². The van der Waals surface area contributed by atoms with E-state index in [1.165, 1.54) is 51.6 Å². The lowest BCUT2D eigenvalue weighted by molar-refractivity contribution is 0.119. The molecule has 3 aliphatic rings. The van der Waals surface area contributed by atoms with E-state index < -0.39 is 0 Å². The second-order valence-electron chi connectivity index (χ2n) is 6.79. The van der Waals surface area contributed by atoms with Gasteiger partial charge < -0.3 is 5.32 Å². The monoisotopic (exact) mass is 236 g/mol. The lowest BCUT2D eigenvalue weighted by atomic mass is 9.82. The minimum atomic E-state index is 0.755. The number of likely N-dealkylation sites (tertiary alicyclic amines) is 1. The molecule has 98 valence electrons. The Morgan fingerprint density at radius 1 is 1.00 bits per heavy atom. The lowest BCUT2D eigenvalue weighted by Crippen LogP contribution is -2.51. The van der Waals surface area contributed by atoms with Crippen LogP contribution in [0.1, 0.15) is 45.4 Å². The van der Waals surface area contributed by atoms with Crippen molar-refractivity contribution in [1.29, 1.82) is 0 Å². The van der Waals surface area contributed by atoms with E-state index in [1.807, 2.05) is 0 Å². The Morgan fingerprint density at radius 2 is 1.71 bits per heavy atom. The number of hydrogen-bond acceptors (Lipinski definition) is 2. The molecule has 0 amide bonds. The number of nitrogens with zero attached hydrogens (tertiary/aromatic N) is 1. The van der Waals surface area contributed by atoms with Crippen LogP contribution in [0.3, 0.4) is 0 Å². The average Bonchev–Trinajstić information content (AvgIpc) is 2.88. The summed E-state index contributed by atoms with van der Waals surface area (Å²) in [4.78, 5) is 2.84. The number of nitrogens with one attached hydrogen (secondary N) is 1. The van der Waals surface area contributed by atoms with E-state index in [4.69, 9.17) is 0 Å². The van der Waals surface area contributed by atoms with Crippen molar-refractivity contribution in [1.82, 2.24) is 10.2 Å². The predicted molar refractivity (Wildman–Crippen MR) is 72.1 cm³/mol. The first kappa shape index (κ1) is 12.0. The molecule has 17 heavy (non-hydrogen) atoms. The van der Waals surface area contributed by atoms with Crippen molar-refractivity contribution >= 4 is 0 Å². The number of likely N-dealkylation sites (N-methyl/N-ethyl adjacent to an activating group) is 1. The standard InChI is InChI=1S/C15H28N2/c1-11-6-7-14(16-2)15(8-11)17-9-12-4-3-5-13(12)10-17/h11-16H,3-10H2,1-2H3. The first-order chi connectivity index (χ1) is 8.28. The number of hydrogen-bond donors (Lipinski definition) is 1. The van der Waals surface area contributed by atoms with Crippen LogP contribution >= 0.6 is 0 Å². The van der Waals surface area contributed by atoms with E-state index in [0.717, 1.165) is 29.8 Å². The van der Waals surface area contributed by atoms with E-state index >= 15 is 0 Å². The topological polar surface area (TPSA) is 15.3 Å². The summed E-state index contributed by atoms with van der Waals surface area (Å²) >= 11 is 0. The van der Waals surface area contributed by atoms with E-state index in [0.29, 0.717) is 0 Å². The van der Waals surface area contributed by atoms with Gasteiger partial charge in [0.25, 0.3) is 0 Å². The van der Waals surface area contributed by atoms with Crippen LogP contribution in [0.2, 0.25) is 0 Å². The van der Waals surface area contributed by atoms with Crippen LogP contribution in [0.5, 0.6) is 0 Å². The third-order valence-corrected chi connectivity index (χ3v) is 5.67. The molecule has 2 nitrogen and oxygen atoms in total. The molecule has 1 N–H and O–H groups in total. The van der Waals surface area contributed by atoms with Gasteiger partial charge in [0.1, 0.15) is 0 Å². The van der Waals surface area contributed by atoms with Gasteiger partial charge in [-0.15, -0.1) is 0 Å². The van der Waals surface area contributed by atoms with Gasteiger partial charge in [-0.25, -0.2) is 0 Å². The van der Waals surface area contributed by atoms with Gasteiger partial charge in [0.15, 0.2) is 0 Å². The van der Waals surface area contributed by atoms with Crippen LogP contribution in [0, 0.1) is 17.8 Å². The third kappa shape index (κ3) is 2.26. The zero-order valence-corrected chi connectivity index (χ0v) is 11.5. The van der Waals surface area contributed by atoms with E-state index in [1.54, 1.807) is 0 Å². The summed E-state index contributed by atoms with van der Waals surface area (Å²) in [5, 5.41) is 3.58. The molecular weight excluding hydrogens is 208 g/mol. The second kappa shape index (κ2) is 4.89. The first-order valence-corrected chi connectivity index (χ1v) is 7.69.